The molecule has 0 aliphatic carbocycles. The van der Waals surface area contributed by atoms with E-state index in [4.69, 9.17) is 13.3 Å². The quantitative estimate of drug-likeness (QED) is 0.490. The van der Waals surface area contributed by atoms with Gasteiger partial charge in [0.05, 0.1) is 0 Å². The van der Waals surface area contributed by atoms with Crippen LogP contribution in [0.25, 0.3) is 0 Å². The molecule has 0 fully saturated rings. The third-order valence-corrected chi connectivity index (χ3v) is 4.72. The number of rotatable bonds is 6. The molecule has 0 aromatic heterocycles. The van der Waals surface area contributed by atoms with Crippen LogP contribution in [0.2, 0.25) is 0 Å². The van der Waals surface area contributed by atoms with E-state index in [-0.39, 0.29) is 18.4 Å². The Morgan fingerprint density at radius 3 is 2.00 bits per heavy atom. The highest BCUT2D eigenvalue weighted by molar-refractivity contribution is 6.66. The molecule has 1 heterocycles. The second-order valence-electron chi connectivity index (χ2n) is 3.24. The van der Waals surface area contributed by atoms with Crippen molar-refractivity contribution in [1.29, 1.82) is 0 Å². The van der Waals surface area contributed by atoms with E-state index in [0.717, 1.165) is 4.90 Å². The Labute approximate surface area is 101 Å². The molecule has 17 heavy (non-hydrogen) atoms. The highest BCUT2D eigenvalue weighted by Gasteiger charge is 2.34. The van der Waals surface area contributed by atoms with E-state index < -0.39 is 8.80 Å². The van der Waals surface area contributed by atoms with Crippen molar-refractivity contribution in [3.05, 3.63) is 23.9 Å². The van der Waals surface area contributed by atoms with Gasteiger partial charge in [0.25, 0.3) is 11.8 Å². The molecule has 0 atom stereocenters. The summed E-state index contributed by atoms with van der Waals surface area (Å²) in [5.41, 5.74) is 1.63. The normalized spacial score (nSPS) is 16.5. The van der Waals surface area contributed by atoms with Crippen molar-refractivity contribution >= 4 is 20.6 Å². The van der Waals surface area contributed by atoms with Crippen molar-refractivity contribution in [3.63, 3.8) is 0 Å². The van der Waals surface area contributed by atoms with E-state index in [2.05, 4.69) is 0 Å². The molecule has 0 aromatic carbocycles. The monoisotopic (exact) mass is 257 g/mol. The van der Waals surface area contributed by atoms with Crippen LogP contribution in [-0.2, 0) is 22.9 Å². The molecule has 0 bridgehead atoms. The molecule has 2 amide bonds. The predicted octanol–water partition coefficient (Wildman–Crippen LogP) is -0.115. The standard InChI is InChI=1S/C10H15NO5Si/c1-14-17(15-2,16-3)8-4-7-11-9(12)5-6-10(11)13/h4-6,8H,7H2,1-3H3. The second kappa shape index (κ2) is 5.87. The number of carbonyl (C=O) groups is 2. The van der Waals surface area contributed by atoms with E-state index in [0.29, 0.717) is 0 Å². The first-order valence-corrected chi connectivity index (χ1v) is 6.75. The lowest BCUT2D eigenvalue weighted by Gasteiger charge is -2.20. The molecule has 1 rings (SSSR count). The van der Waals surface area contributed by atoms with Crippen molar-refractivity contribution in [2.24, 2.45) is 0 Å². The van der Waals surface area contributed by atoms with Crippen molar-refractivity contribution < 1.29 is 22.9 Å². The van der Waals surface area contributed by atoms with E-state index in [1.165, 1.54) is 33.5 Å². The SMILES string of the molecule is CO[Si](C=CCN1C(=O)C=CC1=O)(OC)OC. The molecular weight excluding hydrogens is 242 g/mol. The minimum atomic E-state index is -2.78. The van der Waals surface area contributed by atoms with E-state index in [1.54, 1.807) is 11.8 Å². The molecule has 94 valence electrons. The summed E-state index contributed by atoms with van der Waals surface area (Å²) in [7, 11) is 1.67. The summed E-state index contributed by atoms with van der Waals surface area (Å²) in [4.78, 5) is 23.6. The summed E-state index contributed by atoms with van der Waals surface area (Å²) in [6, 6.07) is 0. The second-order valence-corrected chi connectivity index (χ2v) is 6.00. The van der Waals surface area contributed by atoms with E-state index >= 15 is 0 Å². The first kappa shape index (κ1) is 13.8. The lowest BCUT2D eigenvalue weighted by molar-refractivity contribution is -0.136. The number of nitrogens with zero attached hydrogens (tertiary/aromatic N) is 1. The van der Waals surface area contributed by atoms with Crippen molar-refractivity contribution in [2.45, 2.75) is 0 Å². The summed E-state index contributed by atoms with van der Waals surface area (Å²) < 4.78 is 15.5. The Morgan fingerprint density at radius 1 is 1.12 bits per heavy atom. The van der Waals surface area contributed by atoms with Gasteiger partial charge >= 0.3 is 8.80 Å². The fraction of sp³-hybridized carbons (Fsp3) is 0.400. The molecule has 1 aliphatic rings. The maximum atomic E-state index is 11.3. The molecule has 0 unspecified atom stereocenters. The maximum absolute atomic E-state index is 11.3. The average molecular weight is 257 g/mol. The van der Waals surface area contributed by atoms with Crippen LogP contribution in [0.1, 0.15) is 0 Å². The molecule has 0 saturated heterocycles. The first-order valence-electron chi connectivity index (χ1n) is 4.95. The summed E-state index contributed by atoms with van der Waals surface area (Å²) >= 11 is 0. The third kappa shape index (κ3) is 3.10. The fourth-order valence-electron chi connectivity index (χ4n) is 1.37. The zero-order valence-corrected chi connectivity index (χ0v) is 11.0. The maximum Gasteiger partial charge on any atom is 0.528 e. The Balaban J connectivity index is 2.60. The minimum Gasteiger partial charge on any atom is -0.374 e. The molecule has 0 N–H and O–H groups in total. The van der Waals surface area contributed by atoms with Crippen LogP contribution in [0, 0.1) is 0 Å². The highest BCUT2D eigenvalue weighted by Crippen LogP contribution is 2.09. The molecule has 6 nitrogen and oxygen atoms in total. The predicted molar refractivity (Wildman–Crippen MR) is 61.8 cm³/mol. The Hall–Kier alpha value is -1.28. The highest BCUT2D eigenvalue weighted by atomic mass is 28.4. The van der Waals surface area contributed by atoms with Gasteiger partial charge in [-0.3, -0.25) is 14.5 Å². The summed E-state index contributed by atoms with van der Waals surface area (Å²) in [6.45, 7) is 0.176. The van der Waals surface area contributed by atoms with Crippen LogP contribution < -0.4 is 0 Å². The van der Waals surface area contributed by atoms with Crippen LogP contribution in [0.15, 0.2) is 23.9 Å². The van der Waals surface area contributed by atoms with Gasteiger partial charge in [0.15, 0.2) is 0 Å². The van der Waals surface area contributed by atoms with Crippen molar-refractivity contribution in [3.8, 4) is 0 Å². The van der Waals surface area contributed by atoms with Crippen LogP contribution in [0.5, 0.6) is 0 Å². The lowest BCUT2D eigenvalue weighted by Crippen LogP contribution is -2.41. The van der Waals surface area contributed by atoms with Gasteiger partial charge in [0, 0.05) is 40.0 Å². The smallest absolute Gasteiger partial charge is 0.374 e. The van der Waals surface area contributed by atoms with Crippen LogP contribution in [-0.4, -0.2) is 53.4 Å². The topological polar surface area (TPSA) is 65.1 Å². The van der Waals surface area contributed by atoms with Crippen molar-refractivity contribution in [1.82, 2.24) is 4.90 Å². The van der Waals surface area contributed by atoms with Gasteiger partial charge in [0.1, 0.15) is 0 Å². The average Bonchev–Trinajstić information content (AvgIpc) is 2.66. The van der Waals surface area contributed by atoms with Gasteiger partial charge in [-0.1, -0.05) is 6.08 Å². The Bertz CT molecular complexity index is 335. The Morgan fingerprint density at radius 2 is 1.59 bits per heavy atom. The van der Waals surface area contributed by atoms with Crippen LogP contribution >= 0.6 is 0 Å². The minimum absolute atomic E-state index is 0.176. The molecule has 0 radical (unpaired) electrons. The van der Waals surface area contributed by atoms with Gasteiger partial charge in [-0.2, -0.15) is 0 Å². The van der Waals surface area contributed by atoms with E-state index in [9.17, 15) is 9.59 Å². The van der Waals surface area contributed by atoms with Crippen molar-refractivity contribution in [2.75, 3.05) is 27.9 Å². The number of hydrogen-bond donors (Lipinski definition) is 0. The summed E-state index contributed by atoms with van der Waals surface area (Å²) in [5.74, 6) is -0.640. The number of amides is 2. The van der Waals surface area contributed by atoms with Gasteiger partial charge in [0.2, 0.25) is 0 Å². The van der Waals surface area contributed by atoms with Gasteiger partial charge in [-0.25, -0.2) is 0 Å². The largest absolute Gasteiger partial charge is 0.528 e. The van der Waals surface area contributed by atoms with E-state index in [1.807, 2.05) is 0 Å². The summed E-state index contributed by atoms with van der Waals surface area (Å²) in [5, 5.41) is 0. The zero-order valence-electron chi connectivity index (χ0n) is 10.0. The molecule has 0 spiro atoms. The summed E-state index contributed by atoms with van der Waals surface area (Å²) in [6.07, 6.45) is 4.11. The molecule has 1 aliphatic heterocycles. The number of carbonyl (C=O) groups excluding carboxylic acids is 2. The van der Waals surface area contributed by atoms with Gasteiger partial charge in [-0.15, -0.1) is 0 Å². The fourth-order valence-corrected chi connectivity index (χ4v) is 2.67. The Kier molecular flexibility index (Phi) is 4.76. The lowest BCUT2D eigenvalue weighted by atomic mass is 10.5. The number of hydrogen-bond acceptors (Lipinski definition) is 5. The third-order valence-electron chi connectivity index (χ3n) is 2.36. The zero-order chi connectivity index (χ0) is 12.9. The van der Waals surface area contributed by atoms with Crippen LogP contribution in [0.4, 0.5) is 0 Å². The molecule has 0 aromatic rings. The van der Waals surface area contributed by atoms with Gasteiger partial charge in [-0.05, 0) is 5.70 Å². The molecular formula is C10H15NO5Si. The molecule has 7 heteroatoms. The number of imide groups is 1. The van der Waals surface area contributed by atoms with Gasteiger partial charge < -0.3 is 13.3 Å². The molecule has 0 saturated carbocycles. The van der Waals surface area contributed by atoms with Crippen LogP contribution in [0.3, 0.4) is 0 Å². The first-order chi connectivity index (χ1) is 8.08.